The summed E-state index contributed by atoms with van der Waals surface area (Å²) < 4.78 is 25.0. The molecule has 0 saturated carbocycles. The Labute approximate surface area is 204 Å². The average molecular weight is 495 g/mol. The summed E-state index contributed by atoms with van der Waals surface area (Å²) in [5.74, 6) is 0.454. The predicted octanol–water partition coefficient (Wildman–Crippen LogP) is 3.75. The zero-order valence-corrected chi connectivity index (χ0v) is 20.8. The van der Waals surface area contributed by atoms with Gasteiger partial charge in [0.15, 0.2) is 5.65 Å². The number of rotatable bonds is 8. The largest absolute Gasteiger partial charge is 0.384 e. The average Bonchev–Trinajstić information content (AvgIpc) is 3.07. The number of nitrogens with one attached hydrogen (secondary N) is 1. The van der Waals surface area contributed by atoms with Gasteiger partial charge in [0.1, 0.15) is 16.9 Å². The van der Waals surface area contributed by atoms with Crippen LogP contribution >= 0.6 is 0 Å². The number of benzene rings is 2. The van der Waals surface area contributed by atoms with Gasteiger partial charge >= 0.3 is 0 Å². The van der Waals surface area contributed by atoms with Gasteiger partial charge in [0.2, 0.25) is 10.0 Å². The van der Waals surface area contributed by atoms with Gasteiger partial charge in [-0.05, 0) is 55.7 Å². The van der Waals surface area contributed by atoms with E-state index in [1.807, 2.05) is 31.2 Å². The molecule has 35 heavy (non-hydrogen) atoms. The van der Waals surface area contributed by atoms with Gasteiger partial charge in [-0.1, -0.05) is 38.8 Å². The van der Waals surface area contributed by atoms with Crippen LogP contribution < -0.4 is 16.2 Å². The van der Waals surface area contributed by atoms with Gasteiger partial charge in [-0.15, -0.1) is 0 Å². The smallest absolute Gasteiger partial charge is 0.257 e. The second-order valence-electron chi connectivity index (χ2n) is 9.22. The second-order valence-corrected chi connectivity index (χ2v) is 10.8. The van der Waals surface area contributed by atoms with Crippen molar-refractivity contribution in [2.45, 2.75) is 51.0 Å². The number of sulfonamides is 1. The van der Waals surface area contributed by atoms with Crippen molar-refractivity contribution in [2.75, 3.05) is 5.73 Å². The number of carbonyl (C=O) groups is 1. The second kappa shape index (κ2) is 9.63. The monoisotopic (exact) mass is 494 g/mol. The third-order valence-electron chi connectivity index (χ3n) is 5.94. The summed E-state index contributed by atoms with van der Waals surface area (Å²) in [7, 11) is -3.85. The summed E-state index contributed by atoms with van der Waals surface area (Å²) in [5, 5.41) is 8.28. The number of carbonyl (C=O) groups excluding carboxylic acids is 1. The van der Waals surface area contributed by atoms with Crippen molar-refractivity contribution in [1.29, 1.82) is 0 Å². The van der Waals surface area contributed by atoms with Crippen molar-refractivity contribution in [2.24, 2.45) is 11.1 Å². The highest BCUT2D eigenvalue weighted by atomic mass is 32.2. The number of aromatic nitrogens is 3. The molecule has 9 nitrogen and oxygen atoms in total. The Morgan fingerprint density at radius 3 is 2.23 bits per heavy atom. The summed E-state index contributed by atoms with van der Waals surface area (Å²) in [6, 6.07) is 13.2. The molecule has 4 rings (SSSR count). The Kier molecular flexibility index (Phi) is 6.77. The molecule has 5 N–H and O–H groups in total. The van der Waals surface area contributed by atoms with Crippen LogP contribution in [-0.4, -0.2) is 34.9 Å². The Morgan fingerprint density at radius 2 is 1.63 bits per heavy atom. The van der Waals surface area contributed by atoms with Crippen LogP contribution in [0.25, 0.3) is 27.9 Å². The summed E-state index contributed by atoms with van der Waals surface area (Å²) >= 11 is 0. The standard InChI is InChI=1S/C25H30N6O3S/c1-15(2)7-6-8-16(3)28-25(32)21-22-24(30-20-10-5-4-9-19(20)29-22)31(23(21)26)17-11-13-18(14-12-17)35(27,33)34/h4-5,9-16H,6-8,26H2,1-3H3,(H,28,32)(H2,27,33,34)/t16-/m0/s1. The maximum absolute atomic E-state index is 13.4. The highest BCUT2D eigenvalue weighted by Gasteiger charge is 2.26. The van der Waals surface area contributed by atoms with E-state index in [1.165, 1.54) is 12.1 Å². The summed E-state index contributed by atoms with van der Waals surface area (Å²) in [4.78, 5) is 22.8. The number of para-hydroxylation sites is 2. The molecule has 0 spiro atoms. The molecule has 0 aliphatic rings. The van der Waals surface area contributed by atoms with Crippen LogP contribution in [-0.2, 0) is 10.0 Å². The molecule has 2 heterocycles. The minimum atomic E-state index is -3.85. The van der Waals surface area contributed by atoms with E-state index in [9.17, 15) is 13.2 Å². The molecule has 0 unspecified atom stereocenters. The maximum Gasteiger partial charge on any atom is 0.257 e. The lowest BCUT2D eigenvalue weighted by Crippen LogP contribution is -2.33. The van der Waals surface area contributed by atoms with Crippen LogP contribution in [0.15, 0.2) is 53.4 Å². The van der Waals surface area contributed by atoms with Gasteiger partial charge < -0.3 is 11.1 Å². The quantitative estimate of drug-likeness (QED) is 0.340. The molecule has 0 saturated heterocycles. The molecule has 0 aliphatic carbocycles. The van der Waals surface area contributed by atoms with Crippen molar-refractivity contribution in [3.8, 4) is 5.69 Å². The van der Waals surface area contributed by atoms with E-state index < -0.39 is 10.0 Å². The van der Waals surface area contributed by atoms with Gasteiger partial charge in [0.05, 0.1) is 15.9 Å². The zero-order valence-electron chi connectivity index (χ0n) is 20.0. The Balaban J connectivity index is 1.81. The Hall–Kier alpha value is -3.50. The van der Waals surface area contributed by atoms with E-state index in [0.717, 1.165) is 19.3 Å². The number of hydrogen-bond donors (Lipinski definition) is 3. The van der Waals surface area contributed by atoms with Crippen molar-refractivity contribution in [1.82, 2.24) is 19.9 Å². The first-order chi connectivity index (χ1) is 16.6. The van der Waals surface area contributed by atoms with Gasteiger partial charge in [-0.2, -0.15) is 0 Å². The third kappa shape index (κ3) is 5.13. The number of hydrogen-bond acceptors (Lipinski definition) is 6. The van der Waals surface area contributed by atoms with Crippen LogP contribution in [0.3, 0.4) is 0 Å². The molecule has 184 valence electrons. The molecule has 10 heteroatoms. The first-order valence-corrected chi connectivity index (χ1v) is 13.1. The molecule has 0 fully saturated rings. The van der Waals surface area contributed by atoms with Crippen LogP contribution in [0.2, 0.25) is 0 Å². The molecule has 0 radical (unpaired) electrons. The molecule has 0 aliphatic heterocycles. The molecule has 1 atom stereocenters. The molecule has 0 bridgehead atoms. The van der Waals surface area contributed by atoms with Crippen molar-refractivity contribution in [3.05, 3.63) is 54.1 Å². The highest BCUT2D eigenvalue weighted by molar-refractivity contribution is 7.89. The number of primary sulfonamides is 1. The molecular weight excluding hydrogens is 464 g/mol. The minimum absolute atomic E-state index is 0.0268. The third-order valence-corrected chi connectivity index (χ3v) is 6.87. The first kappa shape index (κ1) is 24.6. The summed E-state index contributed by atoms with van der Waals surface area (Å²) in [5.41, 5.74) is 9.38. The fourth-order valence-corrected chi connectivity index (χ4v) is 4.65. The Bertz CT molecular complexity index is 1490. The fourth-order valence-electron chi connectivity index (χ4n) is 4.13. The van der Waals surface area contributed by atoms with E-state index in [2.05, 4.69) is 19.2 Å². The van der Waals surface area contributed by atoms with Crippen LogP contribution in [0, 0.1) is 5.92 Å². The number of fused-ring (bicyclic) bond motifs is 2. The predicted molar refractivity (Wildman–Crippen MR) is 138 cm³/mol. The number of amides is 1. The molecular formula is C25H30N6O3S. The number of nitrogens with zero attached hydrogens (tertiary/aromatic N) is 3. The topological polar surface area (TPSA) is 146 Å². The van der Waals surface area contributed by atoms with Crippen LogP contribution in [0.4, 0.5) is 5.82 Å². The summed E-state index contributed by atoms with van der Waals surface area (Å²) in [6.45, 7) is 6.33. The Morgan fingerprint density at radius 1 is 1.00 bits per heavy atom. The van der Waals surface area contributed by atoms with Gasteiger partial charge in [-0.3, -0.25) is 9.36 Å². The molecule has 2 aromatic heterocycles. The van der Waals surface area contributed by atoms with Crippen molar-refractivity contribution in [3.63, 3.8) is 0 Å². The van der Waals surface area contributed by atoms with E-state index in [0.29, 0.717) is 33.8 Å². The lowest BCUT2D eigenvalue weighted by atomic mass is 10.0. The number of nitrogens with two attached hydrogens (primary N) is 2. The van der Waals surface area contributed by atoms with Gasteiger partial charge in [0, 0.05) is 11.7 Å². The SMILES string of the molecule is CC(C)CCC[C@H](C)NC(=O)c1c(N)n(-c2ccc(S(N)(=O)=O)cc2)c2nc3ccccc3nc12. The van der Waals surface area contributed by atoms with Gasteiger partial charge in [0.25, 0.3) is 5.91 Å². The highest BCUT2D eigenvalue weighted by Crippen LogP contribution is 2.31. The van der Waals surface area contributed by atoms with Crippen molar-refractivity contribution >= 4 is 43.9 Å². The molecule has 4 aromatic rings. The number of anilines is 1. The van der Waals surface area contributed by atoms with E-state index in [1.54, 1.807) is 16.7 Å². The van der Waals surface area contributed by atoms with Crippen LogP contribution in [0.1, 0.15) is 50.4 Å². The number of nitrogen functional groups attached to an aromatic ring is 1. The van der Waals surface area contributed by atoms with E-state index in [4.69, 9.17) is 20.8 Å². The van der Waals surface area contributed by atoms with Crippen molar-refractivity contribution < 1.29 is 13.2 Å². The minimum Gasteiger partial charge on any atom is -0.384 e. The van der Waals surface area contributed by atoms with E-state index in [-0.39, 0.29) is 28.2 Å². The fraction of sp³-hybridized carbons (Fsp3) is 0.320. The zero-order chi connectivity index (χ0) is 25.3. The first-order valence-electron chi connectivity index (χ1n) is 11.6. The molecule has 1 amide bonds. The van der Waals surface area contributed by atoms with Gasteiger partial charge in [-0.25, -0.2) is 23.5 Å². The molecule has 2 aromatic carbocycles. The van der Waals surface area contributed by atoms with E-state index >= 15 is 0 Å². The lowest BCUT2D eigenvalue weighted by Gasteiger charge is -2.14. The summed E-state index contributed by atoms with van der Waals surface area (Å²) in [6.07, 6.45) is 2.96. The normalized spacial score (nSPS) is 12.9. The lowest BCUT2D eigenvalue weighted by molar-refractivity contribution is 0.0940. The van der Waals surface area contributed by atoms with Crippen LogP contribution in [0.5, 0.6) is 0 Å². The maximum atomic E-state index is 13.4.